The lowest BCUT2D eigenvalue weighted by molar-refractivity contribution is -0.400. The van der Waals surface area contributed by atoms with Gasteiger partial charge in [-0.1, -0.05) is 0 Å². The fraction of sp³-hybridized carbons (Fsp3) is 0.400. The topological polar surface area (TPSA) is 77.3 Å². The van der Waals surface area contributed by atoms with Crippen molar-refractivity contribution in [2.24, 2.45) is 0 Å². The first-order chi connectivity index (χ1) is 28.0. The smallest absolute Gasteiger partial charge is 0.254 e. The molecule has 0 saturated carbocycles. The molecule has 0 N–H and O–H groups in total. The van der Waals surface area contributed by atoms with Crippen LogP contribution in [0.2, 0.25) is 0 Å². The van der Waals surface area contributed by atoms with Gasteiger partial charge < -0.3 is 0 Å². The van der Waals surface area contributed by atoms with Crippen molar-refractivity contribution in [3.8, 4) is 34.2 Å². The Morgan fingerprint density at radius 2 is 0.460 bits per heavy atom. The molecule has 0 amide bonds. The molecular weight excluding hydrogens is 957 g/mol. The molecule has 0 aliphatic carbocycles. The van der Waals surface area contributed by atoms with Crippen LogP contribution in [0.3, 0.4) is 0 Å². The number of alkyl halides is 27. The average Bonchev–Trinajstić information content (AvgIpc) is 3.15. The molecule has 63 heavy (non-hydrogen) atoms. The first-order valence-electron chi connectivity index (χ1n) is 15.3. The summed E-state index contributed by atoms with van der Waals surface area (Å²) in [5.41, 5.74) is -15.9. The molecule has 0 aliphatic rings. The number of rotatable bonds is 12. The molecule has 348 valence electrons. The maximum absolute atomic E-state index is 15.3. The molecule has 0 fully saturated rings. The van der Waals surface area contributed by atoms with Gasteiger partial charge in [0.25, 0.3) is 0 Å². The van der Waals surface area contributed by atoms with E-state index in [1.165, 1.54) is 0 Å². The Balaban J connectivity index is 2.21. The van der Waals surface area contributed by atoms with Gasteiger partial charge in [-0.3, -0.25) is 15.0 Å². The third-order valence-electron chi connectivity index (χ3n) is 8.11. The molecule has 4 aromatic heterocycles. The predicted molar refractivity (Wildman–Crippen MR) is 149 cm³/mol. The van der Waals surface area contributed by atoms with Crippen LogP contribution in [0.5, 0.6) is 0 Å². The van der Waals surface area contributed by atoms with Crippen LogP contribution in [-0.2, 0) is 17.8 Å². The minimum Gasteiger partial charge on any atom is -0.254 e. The highest BCUT2D eigenvalue weighted by Gasteiger charge is 2.85. The fourth-order valence-electron chi connectivity index (χ4n) is 4.82. The first kappa shape index (κ1) is 50.2. The monoisotopic (exact) mass is 966 g/mol. The van der Waals surface area contributed by atoms with Gasteiger partial charge in [0.2, 0.25) is 0 Å². The SMILES string of the molecule is FC(F)(F)C(F)(F)C(F)(F)C(F)(F)c1ncccc1-c1nc(-c2cccnc2C(F)(F)C(F)(F)C(F)(F)C(F)(F)F)nc(-c2cccnc2C(F)(F)C(F)(F)C(F)(F)C(F)(F)F)n1. The van der Waals surface area contributed by atoms with Crippen molar-refractivity contribution in [2.75, 3.05) is 0 Å². The van der Waals surface area contributed by atoms with Crippen molar-refractivity contribution >= 4 is 0 Å². The highest BCUT2D eigenvalue weighted by atomic mass is 19.4. The zero-order valence-electron chi connectivity index (χ0n) is 28.6. The molecule has 0 unspecified atom stereocenters. The van der Waals surface area contributed by atoms with E-state index in [-0.39, 0.29) is 55.0 Å². The van der Waals surface area contributed by atoms with Crippen LogP contribution < -0.4 is 0 Å². The second kappa shape index (κ2) is 14.8. The predicted octanol–water partition coefficient (Wildman–Crippen LogP) is 11.8. The van der Waals surface area contributed by atoms with E-state index in [9.17, 15) is 92.2 Å². The lowest BCUT2D eigenvalue weighted by Crippen LogP contribution is -2.59. The number of halogens is 27. The van der Waals surface area contributed by atoms with Gasteiger partial charge in [-0.2, -0.15) is 119 Å². The van der Waals surface area contributed by atoms with E-state index in [4.69, 9.17) is 0 Å². The largest absolute Gasteiger partial charge is 0.460 e. The second-order valence-corrected chi connectivity index (χ2v) is 12.2. The Labute approximate surface area is 327 Å². The summed E-state index contributed by atoms with van der Waals surface area (Å²) < 4.78 is 379. The number of hydrogen-bond acceptors (Lipinski definition) is 6. The normalized spacial score (nSPS) is 14.9. The Bertz CT molecular complexity index is 2060. The fourth-order valence-corrected chi connectivity index (χ4v) is 4.82. The molecule has 0 atom stereocenters. The zero-order valence-corrected chi connectivity index (χ0v) is 28.6. The number of aromatic nitrogens is 6. The highest BCUT2D eigenvalue weighted by Crippen LogP contribution is 2.60. The Hall–Kier alpha value is -5.43. The van der Waals surface area contributed by atoms with Crippen LogP contribution in [0, 0.1) is 0 Å². The Kier molecular flexibility index (Phi) is 11.8. The van der Waals surface area contributed by atoms with Gasteiger partial charge in [-0.05, 0) is 36.4 Å². The maximum atomic E-state index is 15.3. The molecule has 0 bridgehead atoms. The van der Waals surface area contributed by atoms with Gasteiger partial charge >= 0.3 is 71.8 Å². The zero-order chi connectivity index (χ0) is 48.8. The van der Waals surface area contributed by atoms with E-state index < -0.39 is 123 Å². The molecule has 6 nitrogen and oxygen atoms in total. The molecular formula is C30H9F27N6. The van der Waals surface area contributed by atoms with Gasteiger partial charge in [-0.15, -0.1) is 0 Å². The van der Waals surface area contributed by atoms with Crippen LogP contribution in [0.15, 0.2) is 55.0 Å². The van der Waals surface area contributed by atoms with Crippen LogP contribution in [0.1, 0.15) is 17.1 Å². The molecule has 33 heteroatoms. The molecule has 0 spiro atoms. The standard InChI is InChI=1S/C30H9F27N6/c31-19(32,22(37,38)25(43,44)28(49,50)51)13-10(4-1-7-58-13)16-61-17(11-5-2-8-59-14(11)20(33,34)23(39,40)26(45,46)29(52,53)54)63-18(62-16)12-6-3-9-60-15(12)21(35,36)24(41,42)27(47,48)30(55,56)57/h1-9H. The Morgan fingerprint density at radius 3 is 0.635 bits per heavy atom. The summed E-state index contributed by atoms with van der Waals surface area (Å²) in [6.07, 6.45) is -23.0. The van der Waals surface area contributed by atoms with Gasteiger partial charge in [0.15, 0.2) is 17.5 Å². The minimum atomic E-state index is -7.76. The third-order valence-corrected chi connectivity index (χ3v) is 8.11. The molecule has 0 aromatic carbocycles. The summed E-state index contributed by atoms with van der Waals surface area (Å²) in [4.78, 5) is 16.3. The summed E-state index contributed by atoms with van der Waals surface area (Å²) in [7, 11) is 0. The lowest BCUT2D eigenvalue weighted by Gasteiger charge is -2.34. The number of pyridine rings is 3. The summed E-state index contributed by atoms with van der Waals surface area (Å²) in [5.74, 6) is -74.2. The van der Waals surface area contributed by atoms with Gasteiger partial charge in [0.1, 0.15) is 17.1 Å². The minimum absolute atomic E-state index is 0.108. The summed E-state index contributed by atoms with van der Waals surface area (Å²) in [6.45, 7) is 0. The lowest BCUT2D eigenvalue weighted by atomic mass is 9.95. The maximum Gasteiger partial charge on any atom is 0.460 e. The van der Waals surface area contributed by atoms with Crippen molar-refractivity contribution in [3.05, 3.63) is 72.1 Å². The van der Waals surface area contributed by atoms with E-state index in [1.54, 1.807) is 0 Å². The van der Waals surface area contributed by atoms with E-state index >= 15 is 26.3 Å². The summed E-state index contributed by atoms with van der Waals surface area (Å²) in [6, 6.07) is 0.123. The van der Waals surface area contributed by atoms with E-state index in [0.29, 0.717) is 0 Å². The molecule has 0 aliphatic heterocycles. The summed E-state index contributed by atoms with van der Waals surface area (Å²) in [5, 5.41) is 0. The highest BCUT2D eigenvalue weighted by molar-refractivity contribution is 5.70. The van der Waals surface area contributed by atoms with E-state index in [0.717, 1.165) is 0 Å². The van der Waals surface area contributed by atoms with Crippen molar-refractivity contribution in [2.45, 2.75) is 71.8 Å². The van der Waals surface area contributed by atoms with E-state index in [1.807, 2.05) is 0 Å². The molecule has 0 radical (unpaired) electrons. The van der Waals surface area contributed by atoms with Crippen molar-refractivity contribution in [3.63, 3.8) is 0 Å². The second-order valence-electron chi connectivity index (χ2n) is 12.2. The van der Waals surface area contributed by atoms with Gasteiger partial charge in [-0.25, -0.2) is 15.0 Å². The molecule has 4 rings (SSSR count). The molecule has 0 saturated heterocycles. The van der Waals surface area contributed by atoms with Crippen LogP contribution in [0.25, 0.3) is 34.2 Å². The molecule has 4 heterocycles. The number of nitrogens with zero attached hydrogens (tertiary/aromatic N) is 6. The van der Waals surface area contributed by atoms with Crippen LogP contribution in [-0.4, -0.2) is 84.0 Å². The first-order valence-corrected chi connectivity index (χ1v) is 15.3. The Morgan fingerprint density at radius 1 is 0.270 bits per heavy atom. The van der Waals surface area contributed by atoms with Gasteiger partial charge in [0.05, 0.1) is 0 Å². The average molecular weight is 966 g/mol. The third kappa shape index (κ3) is 7.43. The van der Waals surface area contributed by atoms with Crippen LogP contribution >= 0.6 is 0 Å². The van der Waals surface area contributed by atoms with Crippen molar-refractivity contribution in [1.82, 2.24) is 29.9 Å². The number of hydrogen-bond donors (Lipinski definition) is 0. The van der Waals surface area contributed by atoms with E-state index in [2.05, 4.69) is 29.9 Å². The quantitative estimate of drug-likeness (QED) is 0.132. The van der Waals surface area contributed by atoms with Crippen LogP contribution in [0.4, 0.5) is 119 Å². The van der Waals surface area contributed by atoms with Gasteiger partial charge in [0, 0.05) is 35.3 Å². The van der Waals surface area contributed by atoms with Crippen molar-refractivity contribution < 1.29 is 119 Å². The van der Waals surface area contributed by atoms with Crippen molar-refractivity contribution in [1.29, 1.82) is 0 Å². The molecule has 4 aromatic rings. The summed E-state index contributed by atoms with van der Waals surface area (Å²) >= 11 is 0.